The molecule has 122 valence electrons. The van der Waals surface area contributed by atoms with E-state index >= 15 is 0 Å². The molecule has 1 saturated heterocycles. The molecule has 0 aromatic carbocycles. The Bertz CT molecular complexity index is 695. The van der Waals surface area contributed by atoms with E-state index in [0.29, 0.717) is 17.3 Å². The zero-order chi connectivity index (χ0) is 16.4. The first-order valence-electron chi connectivity index (χ1n) is 8.01. The van der Waals surface area contributed by atoms with Gasteiger partial charge in [0.25, 0.3) is 5.91 Å². The maximum atomic E-state index is 12.9. The van der Waals surface area contributed by atoms with Crippen LogP contribution < -0.4 is 5.32 Å². The van der Waals surface area contributed by atoms with E-state index in [1.54, 1.807) is 25.4 Å². The van der Waals surface area contributed by atoms with Crippen molar-refractivity contribution in [2.75, 3.05) is 18.9 Å². The standard InChI is InChI=1S/C17H22N4O2/c1-11(2)15-10-13(20-23-15)14-5-4-8-21(14)17(22)12-6-7-19-16(9-12)18-3/h6-7,9-11,14H,4-5,8H2,1-3H3,(H,18,19)/t14-/m1/s1. The molecule has 6 heteroatoms. The van der Waals surface area contributed by atoms with Gasteiger partial charge in [-0.15, -0.1) is 0 Å². The molecule has 3 heterocycles. The molecule has 0 radical (unpaired) electrons. The predicted molar refractivity (Wildman–Crippen MR) is 87.4 cm³/mol. The van der Waals surface area contributed by atoms with Crippen LogP contribution in [0, 0.1) is 0 Å². The molecular weight excluding hydrogens is 292 g/mol. The van der Waals surface area contributed by atoms with Gasteiger partial charge < -0.3 is 14.7 Å². The third kappa shape index (κ3) is 3.06. The maximum absolute atomic E-state index is 12.9. The molecule has 1 fully saturated rings. The maximum Gasteiger partial charge on any atom is 0.254 e. The van der Waals surface area contributed by atoms with Gasteiger partial charge in [0.2, 0.25) is 0 Å². The summed E-state index contributed by atoms with van der Waals surface area (Å²) in [6.07, 6.45) is 3.54. The van der Waals surface area contributed by atoms with Gasteiger partial charge in [0, 0.05) is 37.3 Å². The monoisotopic (exact) mass is 314 g/mol. The number of carbonyl (C=O) groups is 1. The molecule has 0 unspecified atom stereocenters. The fourth-order valence-electron chi connectivity index (χ4n) is 2.92. The fraction of sp³-hybridized carbons (Fsp3) is 0.471. The Kier molecular flexibility index (Phi) is 4.32. The zero-order valence-corrected chi connectivity index (χ0v) is 13.7. The van der Waals surface area contributed by atoms with Crippen molar-refractivity contribution in [3.05, 3.63) is 41.4 Å². The van der Waals surface area contributed by atoms with Gasteiger partial charge >= 0.3 is 0 Å². The Morgan fingerprint density at radius 2 is 2.26 bits per heavy atom. The first-order valence-corrected chi connectivity index (χ1v) is 8.01. The molecule has 6 nitrogen and oxygen atoms in total. The Hall–Kier alpha value is -2.37. The topological polar surface area (TPSA) is 71.3 Å². The molecule has 0 aliphatic carbocycles. The Balaban J connectivity index is 1.84. The van der Waals surface area contributed by atoms with Crippen molar-refractivity contribution in [1.29, 1.82) is 0 Å². The minimum atomic E-state index is -0.00930. The van der Waals surface area contributed by atoms with E-state index in [9.17, 15) is 4.79 Å². The number of pyridine rings is 1. The lowest BCUT2D eigenvalue weighted by Gasteiger charge is -2.23. The van der Waals surface area contributed by atoms with Gasteiger partial charge in [-0.05, 0) is 25.0 Å². The van der Waals surface area contributed by atoms with Crippen LogP contribution in [0.1, 0.15) is 60.5 Å². The molecule has 2 aromatic rings. The molecule has 0 bridgehead atoms. The van der Waals surface area contributed by atoms with E-state index in [1.165, 1.54) is 0 Å². The summed E-state index contributed by atoms with van der Waals surface area (Å²) in [5.74, 6) is 1.86. The first-order chi connectivity index (χ1) is 11.1. The second-order valence-corrected chi connectivity index (χ2v) is 6.15. The van der Waals surface area contributed by atoms with E-state index in [2.05, 4.69) is 29.3 Å². The Morgan fingerprint density at radius 1 is 1.43 bits per heavy atom. The van der Waals surface area contributed by atoms with Gasteiger partial charge in [-0.2, -0.15) is 0 Å². The summed E-state index contributed by atoms with van der Waals surface area (Å²) in [5, 5.41) is 7.15. The minimum absolute atomic E-state index is 0.00930. The highest BCUT2D eigenvalue weighted by Gasteiger charge is 2.33. The van der Waals surface area contributed by atoms with Crippen molar-refractivity contribution < 1.29 is 9.32 Å². The van der Waals surface area contributed by atoms with E-state index in [4.69, 9.17) is 4.52 Å². The lowest BCUT2D eigenvalue weighted by atomic mass is 10.1. The van der Waals surface area contributed by atoms with Crippen molar-refractivity contribution in [2.45, 2.75) is 38.6 Å². The molecule has 1 aliphatic rings. The summed E-state index contributed by atoms with van der Waals surface area (Å²) in [6, 6.07) is 5.50. The number of likely N-dealkylation sites (tertiary alicyclic amines) is 1. The molecule has 1 N–H and O–H groups in total. The third-order valence-electron chi connectivity index (χ3n) is 4.23. The largest absolute Gasteiger partial charge is 0.373 e. The van der Waals surface area contributed by atoms with Crippen LogP contribution in [0.4, 0.5) is 5.82 Å². The highest BCUT2D eigenvalue weighted by Crippen LogP contribution is 2.33. The summed E-state index contributed by atoms with van der Waals surface area (Å²) < 4.78 is 5.40. The third-order valence-corrected chi connectivity index (χ3v) is 4.23. The lowest BCUT2D eigenvalue weighted by Crippen LogP contribution is -2.30. The average molecular weight is 314 g/mol. The summed E-state index contributed by atoms with van der Waals surface area (Å²) >= 11 is 0. The molecule has 1 aliphatic heterocycles. The van der Waals surface area contributed by atoms with E-state index in [1.807, 2.05) is 11.0 Å². The quantitative estimate of drug-likeness (QED) is 0.938. The summed E-state index contributed by atoms with van der Waals surface area (Å²) in [7, 11) is 1.79. The molecule has 0 spiro atoms. The van der Waals surface area contributed by atoms with E-state index in [-0.39, 0.29) is 11.9 Å². The van der Waals surface area contributed by atoms with Gasteiger partial charge in [0.05, 0.1) is 6.04 Å². The van der Waals surface area contributed by atoms with Crippen LogP contribution in [0.2, 0.25) is 0 Å². The van der Waals surface area contributed by atoms with Gasteiger partial charge in [0.1, 0.15) is 17.3 Å². The molecule has 0 saturated carbocycles. The van der Waals surface area contributed by atoms with Gasteiger partial charge in [0.15, 0.2) is 0 Å². The number of carbonyl (C=O) groups excluding carboxylic acids is 1. The first kappa shape index (κ1) is 15.5. The smallest absolute Gasteiger partial charge is 0.254 e. The lowest BCUT2D eigenvalue weighted by molar-refractivity contribution is 0.0730. The highest BCUT2D eigenvalue weighted by atomic mass is 16.5. The average Bonchev–Trinajstić information content (AvgIpc) is 3.22. The Morgan fingerprint density at radius 3 is 2.96 bits per heavy atom. The van der Waals surface area contributed by atoms with Crippen LogP contribution in [0.5, 0.6) is 0 Å². The number of hydrogen-bond donors (Lipinski definition) is 1. The van der Waals surface area contributed by atoms with Gasteiger partial charge in [-0.25, -0.2) is 4.98 Å². The SMILES string of the molecule is CNc1cc(C(=O)N2CCC[C@@H]2c2cc(C(C)C)on2)ccn1. The molecule has 3 rings (SSSR count). The molecule has 2 aromatic heterocycles. The molecule has 1 amide bonds. The number of nitrogens with one attached hydrogen (secondary N) is 1. The summed E-state index contributed by atoms with van der Waals surface area (Å²) in [4.78, 5) is 18.9. The number of anilines is 1. The second-order valence-electron chi connectivity index (χ2n) is 6.15. The van der Waals surface area contributed by atoms with Crippen molar-refractivity contribution in [3.63, 3.8) is 0 Å². The van der Waals surface area contributed by atoms with Crippen molar-refractivity contribution in [2.24, 2.45) is 0 Å². The molecule has 1 atom stereocenters. The van der Waals surface area contributed by atoms with Gasteiger partial charge in [-0.1, -0.05) is 19.0 Å². The van der Waals surface area contributed by atoms with Crippen LogP contribution in [-0.2, 0) is 0 Å². The van der Waals surface area contributed by atoms with Gasteiger partial charge in [-0.3, -0.25) is 4.79 Å². The van der Waals surface area contributed by atoms with E-state index < -0.39 is 0 Å². The summed E-state index contributed by atoms with van der Waals surface area (Å²) in [5.41, 5.74) is 1.49. The van der Waals surface area contributed by atoms with Crippen LogP contribution in [0.3, 0.4) is 0 Å². The van der Waals surface area contributed by atoms with Crippen LogP contribution in [-0.4, -0.2) is 34.5 Å². The second kappa shape index (κ2) is 6.40. The molecule has 23 heavy (non-hydrogen) atoms. The van der Waals surface area contributed by atoms with Crippen LogP contribution >= 0.6 is 0 Å². The predicted octanol–water partition coefficient (Wildman–Crippen LogP) is 3.21. The number of nitrogens with zero attached hydrogens (tertiary/aromatic N) is 3. The van der Waals surface area contributed by atoms with E-state index in [0.717, 1.165) is 30.8 Å². The van der Waals surface area contributed by atoms with Crippen LogP contribution in [0.25, 0.3) is 0 Å². The van der Waals surface area contributed by atoms with Crippen LogP contribution in [0.15, 0.2) is 28.9 Å². The number of hydrogen-bond acceptors (Lipinski definition) is 5. The van der Waals surface area contributed by atoms with Crippen molar-refractivity contribution in [1.82, 2.24) is 15.0 Å². The van der Waals surface area contributed by atoms with Crippen molar-refractivity contribution >= 4 is 11.7 Å². The Labute approximate surface area is 135 Å². The number of amides is 1. The minimum Gasteiger partial charge on any atom is -0.373 e. The number of rotatable bonds is 4. The summed E-state index contributed by atoms with van der Waals surface area (Å²) in [6.45, 7) is 4.88. The fourth-order valence-corrected chi connectivity index (χ4v) is 2.92. The van der Waals surface area contributed by atoms with Crippen molar-refractivity contribution in [3.8, 4) is 0 Å². The normalized spacial score (nSPS) is 17.7. The molecular formula is C17H22N4O2. The highest BCUT2D eigenvalue weighted by molar-refractivity contribution is 5.95. The number of aromatic nitrogens is 2. The zero-order valence-electron chi connectivity index (χ0n) is 13.7.